The molecule has 2 heterocycles. The number of hydrogen-bond donors (Lipinski definition) is 10. The van der Waals surface area contributed by atoms with E-state index in [1.807, 2.05) is 73.7 Å². The molecule has 18 nitrogen and oxygen atoms in total. The van der Waals surface area contributed by atoms with E-state index >= 15 is 0 Å². The minimum atomic E-state index is -1.18. The molecule has 3 unspecified atom stereocenters. The van der Waals surface area contributed by atoms with Crippen molar-refractivity contribution in [2.75, 3.05) is 31.1 Å². The van der Waals surface area contributed by atoms with Crippen molar-refractivity contribution in [1.82, 2.24) is 36.9 Å². The quantitative estimate of drug-likeness (QED) is 0.0631. The third-order valence-electron chi connectivity index (χ3n) is 8.98. The molecule has 4 aromatic rings. The number of aromatic amines is 1. The van der Waals surface area contributed by atoms with E-state index in [-0.39, 0.29) is 30.3 Å². The van der Waals surface area contributed by atoms with Crippen LogP contribution in [-0.4, -0.2) is 108 Å². The van der Waals surface area contributed by atoms with Gasteiger partial charge < -0.3 is 54.1 Å². The second-order valence-corrected chi connectivity index (χ2v) is 16.2. The van der Waals surface area contributed by atoms with E-state index in [0.29, 0.717) is 0 Å². The van der Waals surface area contributed by atoms with Crippen molar-refractivity contribution in [3.05, 3.63) is 84.1 Å². The van der Waals surface area contributed by atoms with Gasteiger partial charge in [0, 0.05) is 54.9 Å². The van der Waals surface area contributed by atoms with Crippen LogP contribution in [0.1, 0.15) is 31.4 Å². The van der Waals surface area contributed by atoms with E-state index in [2.05, 4.69) is 41.9 Å². The zero-order chi connectivity index (χ0) is 43.6. The van der Waals surface area contributed by atoms with Crippen LogP contribution in [0.5, 0.6) is 0 Å². The molecule has 0 bridgehead atoms. The summed E-state index contributed by atoms with van der Waals surface area (Å²) in [6.45, 7) is 2.96. The van der Waals surface area contributed by atoms with Gasteiger partial charge in [-0.05, 0) is 34.4 Å². The van der Waals surface area contributed by atoms with Crippen LogP contribution >= 0.6 is 21.6 Å². The summed E-state index contributed by atoms with van der Waals surface area (Å²) in [5.74, 6) is -4.46. The number of amides is 7. The summed E-state index contributed by atoms with van der Waals surface area (Å²) in [5, 5.41) is 18.2. The molecule has 0 saturated carbocycles. The van der Waals surface area contributed by atoms with Gasteiger partial charge in [0.1, 0.15) is 24.2 Å². The first-order valence-corrected chi connectivity index (χ1v) is 21.6. The Bertz CT molecular complexity index is 2190. The van der Waals surface area contributed by atoms with Crippen LogP contribution in [0.15, 0.2) is 77.9 Å². The summed E-state index contributed by atoms with van der Waals surface area (Å²) in [5.41, 5.74) is 17.9. The Kier molecular flexibility index (Phi) is 18.1. The Morgan fingerprint density at radius 2 is 1.33 bits per heavy atom. The number of benzene rings is 3. The molecular weight excluding hydrogens is 811 g/mol. The highest BCUT2D eigenvalue weighted by Crippen LogP contribution is 2.24. The number of guanidine groups is 1. The molecule has 13 N–H and O–H groups in total. The minimum Gasteiger partial charge on any atom is -0.370 e. The molecule has 0 radical (unpaired) electrons. The average molecular weight is 862 g/mol. The summed E-state index contributed by atoms with van der Waals surface area (Å²) in [4.78, 5) is 98.1. The van der Waals surface area contributed by atoms with Crippen molar-refractivity contribution in [3.8, 4) is 0 Å². The van der Waals surface area contributed by atoms with Crippen LogP contribution in [0.25, 0.3) is 21.7 Å². The average Bonchev–Trinajstić information content (AvgIpc) is 3.63. The fourth-order valence-electron chi connectivity index (χ4n) is 6.07. The summed E-state index contributed by atoms with van der Waals surface area (Å²) in [6, 6.07) is 16.0. The Morgan fingerprint density at radius 3 is 1.98 bits per heavy atom. The lowest BCUT2D eigenvalue weighted by molar-refractivity contribution is -0.132. The molecule has 0 aliphatic carbocycles. The maximum atomic E-state index is 13.7. The van der Waals surface area contributed by atoms with Crippen molar-refractivity contribution < 1.29 is 33.6 Å². The lowest BCUT2D eigenvalue weighted by Crippen LogP contribution is -2.56. The lowest BCUT2D eigenvalue weighted by Gasteiger charge is -2.23. The Hall–Kier alpha value is -6.28. The van der Waals surface area contributed by atoms with Crippen molar-refractivity contribution >= 4 is 90.6 Å². The Balaban J connectivity index is 0.00000104. The number of fused-ring (bicyclic) bond motifs is 2. The van der Waals surface area contributed by atoms with Gasteiger partial charge in [-0.1, -0.05) is 89.2 Å². The Labute approximate surface area is 354 Å². The van der Waals surface area contributed by atoms with E-state index in [1.165, 1.54) is 6.92 Å². The number of nitrogens with two attached hydrogens (primary N) is 3. The number of H-pyrrole nitrogens is 1. The first kappa shape index (κ1) is 46.4. The minimum absolute atomic E-state index is 0.00442. The number of aliphatic imine (C=N–C) groups is 1. The standard InChI is InChI=1S/C36H40N8O7S2.C4H11N3/c1-20(45)41-30-19-53-52-18-29(33(37)48)44-36(51)28(14-23-15-38-26-12-5-4-11-25(23)26)43-32(47)16-39-34(49)27(42-31(46)17-40-35(30)50)13-22-9-6-8-21-7-2-3-10-24(21)22;1-2-3-7-4(5)6/h2-12,15,27-30,38H,13-14,16-19H2,1H3,(H2,37,48)(H,39,49)(H,40,50)(H,41,45)(H,42,46)(H,43,47)(H,44,51);2-3H2,1H3,(H4,5,6,7)/t27?,28-,29?,30?;/m0./s1. The number of carbonyl (C=O) groups is 7. The highest BCUT2D eigenvalue weighted by molar-refractivity contribution is 8.76. The Morgan fingerprint density at radius 1 is 0.733 bits per heavy atom. The van der Waals surface area contributed by atoms with E-state index in [9.17, 15) is 33.6 Å². The lowest BCUT2D eigenvalue weighted by atomic mass is 9.98. The summed E-state index contributed by atoms with van der Waals surface area (Å²) >= 11 is 0. The molecule has 0 spiro atoms. The highest BCUT2D eigenvalue weighted by atomic mass is 33.1. The van der Waals surface area contributed by atoms with Gasteiger partial charge in [-0.2, -0.15) is 0 Å². The van der Waals surface area contributed by atoms with Gasteiger partial charge in [0.15, 0.2) is 5.96 Å². The van der Waals surface area contributed by atoms with Crippen molar-refractivity contribution in [2.24, 2.45) is 22.2 Å². The fourth-order valence-corrected chi connectivity index (χ4v) is 8.41. The first-order valence-electron chi connectivity index (χ1n) is 19.1. The number of para-hydroxylation sites is 1. The predicted molar refractivity (Wildman–Crippen MR) is 234 cm³/mol. The monoisotopic (exact) mass is 861 g/mol. The van der Waals surface area contributed by atoms with Gasteiger partial charge in [-0.25, -0.2) is 0 Å². The number of nitrogens with one attached hydrogen (secondary N) is 7. The highest BCUT2D eigenvalue weighted by Gasteiger charge is 2.29. The summed E-state index contributed by atoms with van der Waals surface area (Å²) < 4.78 is 0. The molecule has 320 valence electrons. The molecule has 1 aliphatic rings. The SMILES string of the molecule is CC(=O)NC1CSSCC(C(N)=O)NC(=O)[C@H](Cc2c[nH]c3ccccc23)NC(=O)CNC(=O)C(Cc2cccc3ccccc23)NC(=O)CNC1=O.CCCN=C(N)N. The number of hydrogen-bond acceptors (Lipinski definition) is 10. The second-order valence-electron chi connectivity index (χ2n) is 13.7. The molecular formula is C40H51N11O7S2. The van der Waals surface area contributed by atoms with E-state index in [4.69, 9.17) is 17.2 Å². The topological polar surface area (TPSA) is 298 Å². The molecule has 60 heavy (non-hydrogen) atoms. The van der Waals surface area contributed by atoms with Crippen LogP contribution in [0.3, 0.4) is 0 Å². The van der Waals surface area contributed by atoms with Gasteiger partial charge in [0.2, 0.25) is 41.4 Å². The molecule has 3 aromatic carbocycles. The van der Waals surface area contributed by atoms with Gasteiger partial charge >= 0.3 is 0 Å². The van der Waals surface area contributed by atoms with Gasteiger partial charge in [-0.3, -0.25) is 38.6 Å². The number of rotatable bonds is 8. The molecule has 1 aromatic heterocycles. The van der Waals surface area contributed by atoms with Crippen LogP contribution in [0, 0.1) is 0 Å². The number of primary amides is 1. The first-order chi connectivity index (χ1) is 28.7. The van der Waals surface area contributed by atoms with Gasteiger partial charge in [-0.15, -0.1) is 0 Å². The molecule has 20 heteroatoms. The summed E-state index contributed by atoms with van der Waals surface area (Å²) in [6.07, 6.45) is 2.81. The number of aromatic nitrogens is 1. The largest absolute Gasteiger partial charge is 0.370 e. The predicted octanol–water partition coefficient (Wildman–Crippen LogP) is -0.152. The normalized spacial score (nSPS) is 19.9. The molecule has 1 aliphatic heterocycles. The molecule has 4 atom stereocenters. The van der Waals surface area contributed by atoms with E-state index in [1.54, 1.807) is 6.20 Å². The zero-order valence-electron chi connectivity index (χ0n) is 33.2. The fraction of sp³-hybridized carbons (Fsp3) is 0.350. The van der Waals surface area contributed by atoms with Crippen molar-refractivity contribution in [1.29, 1.82) is 0 Å². The van der Waals surface area contributed by atoms with E-state index in [0.717, 1.165) is 67.4 Å². The van der Waals surface area contributed by atoms with Crippen molar-refractivity contribution in [3.63, 3.8) is 0 Å². The van der Waals surface area contributed by atoms with Crippen molar-refractivity contribution in [2.45, 2.75) is 57.3 Å². The maximum absolute atomic E-state index is 13.7. The zero-order valence-corrected chi connectivity index (χ0v) is 34.9. The second kappa shape index (κ2) is 23.3. The molecule has 1 saturated heterocycles. The third kappa shape index (κ3) is 14.5. The van der Waals surface area contributed by atoms with Gasteiger partial charge in [0.05, 0.1) is 13.1 Å². The molecule has 1 fully saturated rings. The van der Waals surface area contributed by atoms with E-state index < -0.39 is 78.6 Å². The van der Waals surface area contributed by atoms with Crippen LogP contribution in [0.4, 0.5) is 0 Å². The van der Waals surface area contributed by atoms with Crippen LogP contribution in [-0.2, 0) is 46.4 Å². The summed E-state index contributed by atoms with van der Waals surface area (Å²) in [7, 11) is 2.28. The number of carbonyl (C=O) groups excluding carboxylic acids is 7. The maximum Gasteiger partial charge on any atom is 0.243 e. The van der Waals surface area contributed by atoms with Gasteiger partial charge in [0.25, 0.3) is 0 Å². The smallest absolute Gasteiger partial charge is 0.243 e. The molecule has 5 rings (SSSR count). The van der Waals surface area contributed by atoms with Crippen LogP contribution < -0.4 is 49.1 Å². The van der Waals surface area contributed by atoms with Crippen LogP contribution in [0.2, 0.25) is 0 Å². The third-order valence-corrected chi connectivity index (χ3v) is 11.4. The number of nitrogens with zero attached hydrogens (tertiary/aromatic N) is 1. The molecule has 7 amide bonds.